The van der Waals surface area contributed by atoms with Crippen molar-refractivity contribution in [2.75, 3.05) is 13.1 Å². The van der Waals surface area contributed by atoms with Crippen molar-refractivity contribution in [3.63, 3.8) is 0 Å². The number of benzene rings is 2. The Hall–Kier alpha value is -3.06. The third-order valence-electron chi connectivity index (χ3n) is 5.29. The standard InChI is InChI=1S/C22H24N4O3/c27-21(12-15-26-22(28)19-8-4-5-9-20(19)23-24-26)25-13-10-18(11-14-25)29-16-17-6-2-1-3-7-17/h1-9,18H,10-16H2. The van der Waals surface area contributed by atoms with Gasteiger partial charge in [0, 0.05) is 19.5 Å². The third kappa shape index (κ3) is 4.68. The highest BCUT2D eigenvalue weighted by Gasteiger charge is 2.23. The second-order valence-electron chi connectivity index (χ2n) is 7.26. The van der Waals surface area contributed by atoms with Crippen LogP contribution >= 0.6 is 0 Å². The van der Waals surface area contributed by atoms with Gasteiger partial charge in [-0.15, -0.1) is 5.10 Å². The largest absolute Gasteiger partial charge is 0.373 e. The number of carbonyl (C=O) groups excluding carboxylic acids is 1. The lowest BCUT2D eigenvalue weighted by molar-refractivity contribution is -0.134. The number of hydrogen-bond donors (Lipinski definition) is 0. The van der Waals surface area contributed by atoms with Crippen LogP contribution in [0.4, 0.5) is 0 Å². The van der Waals surface area contributed by atoms with Crippen molar-refractivity contribution in [2.45, 2.75) is 38.5 Å². The third-order valence-corrected chi connectivity index (χ3v) is 5.29. The molecule has 2 heterocycles. The monoisotopic (exact) mass is 392 g/mol. The van der Waals surface area contributed by atoms with Crippen molar-refractivity contribution < 1.29 is 9.53 Å². The molecule has 0 spiro atoms. The van der Waals surface area contributed by atoms with Gasteiger partial charge >= 0.3 is 0 Å². The lowest BCUT2D eigenvalue weighted by Gasteiger charge is -2.32. The summed E-state index contributed by atoms with van der Waals surface area (Å²) in [6, 6.07) is 17.2. The molecule has 1 aliphatic heterocycles. The number of likely N-dealkylation sites (tertiary alicyclic amines) is 1. The van der Waals surface area contributed by atoms with Crippen LogP contribution in [0.1, 0.15) is 24.8 Å². The number of amides is 1. The Bertz CT molecular complexity index is 1030. The molecule has 0 bridgehead atoms. The highest BCUT2D eigenvalue weighted by Crippen LogP contribution is 2.16. The molecule has 3 aromatic rings. The summed E-state index contributed by atoms with van der Waals surface area (Å²) in [5.41, 5.74) is 1.52. The van der Waals surface area contributed by atoms with E-state index in [0.29, 0.717) is 30.6 Å². The number of rotatable bonds is 6. The first kappa shape index (κ1) is 19.3. The predicted octanol–water partition coefficient (Wildman–Crippen LogP) is 2.39. The summed E-state index contributed by atoms with van der Waals surface area (Å²) in [4.78, 5) is 26.9. The molecule has 7 heteroatoms. The van der Waals surface area contributed by atoms with Crippen molar-refractivity contribution in [1.82, 2.24) is 19.9 Å². The summed E-state index contributed by atoms with van der Waals surface area (Å²) in [5.74, 6) is 0.0355. The van der Waals surface area contributed by atoms with E-state index in [0.717, 1.165) is 18.4 Å². The van der Waals surface area contributed by atoms with E-state index >= 15 is 0 Å². The smallest absolute Gasteiger partial charge is 0.277 e. The van der Waals surface area contributed by atoms with Crippen LogP contribution in [0.5, 0.6) is 0 Å². The van der Waals surface area contributed by atoms with Crippen molar-refractivity contribution >= 4 is 16.8 Å². The lowest BCUT2D eigenvalue weighted by atomic mass is 10.1. The summed E-state index contributed by atoms with van der Waals surface area (Å²) in [6.45, 7) is 2.19. The van der Waals surface area contributed by atoms with Gasteiger partial charge < -0.3 is 9.64 Å². The Morgan fingerprint density at radius 3 is 2.55 bits per heavy atom. The van der Waals surface area contributed by atoms with Crippen LogP contribution in [0.2, 0.25) is 0 Å². The van der Waals surface area contributed by atoms with E-state index in [1.165, 1.54) is 4.68 Å². The van der Waals surface area contributed by atoms with Gasteiger partial charge in [0.15, 0.2) is 0 Å². The van der Waals surface area contributed by atoms with Gasteiger partial charge in [-0.2, -0.15) is 0 Å². The molecule has 4 rings (SSSR count). The minimum absolute atomic E-state index is 0.0355. The van der Waals surface area contributed by atoms with Gasteiger partial charge in [-0.05, 0) is 30.5 Å². The molecule has 7 nitrogen and oxygen atoms in total. The molecule has 1 aromatic heterocycles. The molecule has 1 amide bonds. The maximum atomic E-state index is 12.6. The zero-order valence-corrected chi connectivity index (χ0v) is 16.2. The molecule has 150 valence electrons. The molecule has 0 aliphatic carbocycles. The molecule has 0 unspecified atom stereocenters. The molecule has 2 aromatic carbocycles. The second-order valence-corrected chi connectivity index (χ2v) is 7.26. The Balaban J connectivity index is 1.26. The zero-order valence-electron chi connectivity index (χ0n) is 16.2. The van der Waals surface area contributed by atoms with Gasteiger partial charge in [-0.25, -0.2) is 4.68 Å². The van der Waals surface area contributed by atoms with E-state index in [-0.39, 0.29) is 30.5 Å². The average Bonchev–Trinajstić information content (AvgIpc) is 2.78. The molecule has 1 aliphatic rings. The quantitative estimate of drug-likeness (QED) is 0.644. The van der Waals surface area contributed by atoms with Crippen molar-refractivity contribution in [3.05, 3.63) is 70.5 Å². The molecule has 0 radical (unpaired) electrons. The predicted molar refractivity (Wildman–Crippen MR) is 109 cm³/mol. The van der Waals surface area contributed by atoms with E-state index < -0.39 is 0 Å². The van der Waals surface area contributed by atoms with Crippen LogP contribution in [-0.2, 0) is 22.7 Å². The number of aromatic nitrogens is 3. The van der Waals surface area contributed by atoms with Crippen LogP contribution in [-0.4, -0.2) is 45.0 Å². The van der Waals surface area contributed by atoms with Crippen molar-refractivity contribution in [2.24, 2.45) is 0 Å². The van der Waals surface area contributed by atoms with Crippen LogP contribution in [0.15, 0.2) is 59.4 Å². The first-order valence-corrected chi connectivity index (χ1v) is 9.96. The molecule has 0 atom stereocenters. The normalized spacial score (nSPS) is 15.0. The fourth-order valence-electron chi connectivity index (χ4n) is 3.59. The number of nitrogens with zero attached hydrogens (tertiary/aromatic N) is 4. The van der Waals surface area contributed by atoms with Gasteiger partial charge in [0.2, 0.25) is 5.91 Å². The number of ether oxygens (including phenoxy) is 1. The van der Waals surface area contributed by atoms with E-state index in [1.54, 1.807) is 18.2 Å². The van der Waals surface area contributed by atoms with Gasteiger partial charge in [0.1, 0.15) is 5.52 Å². The molecular formula is C22H24N4O3. The van der Waals surface area contributed by atoms with Crippen LogP contribution in [0.25, 0.3) is 10.9 Å². The highest BCUT2D eigenvalue weighted by molar-refractivity contribution is 5.77. The highest BCUT2D eigenvalue weighted by atomic mass is 16.5. The lowest BCUT2D eigenvalue weighted by Crippen LogP contribution is -2.41. The fourth-order valence-corrected chi connectivity index (χ4v) is 3.59. The molecule has 1 saturated heterocycles. The van der Waals surface area contributed by atoms with Crippen molar-refractivity contribution in [1.29, 1.82) is 0 Å². The minimum Gasteiger partial charge on any atom is -0.373 e. The van der Waals surface area contributed by atoms with Gasteiger partial charge in [-0.3, -0.25) is 9.59 Å². The summed E-state index contributed by atoms with van der Waals surface area (Å²) in [5, 5.41) is 8.53. The van der Waals surface area contributed by atoms with Crippen LogP contribution in [0, 0.1) is 0 Å². The molecule has 1 fully saturated rings. The van der Waals surface area contributed by atoms with Crippen LogP contribution < -0.4 is 5.56 Å². The first-order valence-electron chi connectivity index (χ1n) is 9.96. The Labute approximate surface area is 168 Å². The zero-order chi connectivity index (χ0) is 20.1. The van der Waals surface area contributed by atoms with Crippen molar-refractivity contribution in [3.8, 4) is 0 Å². The summed E-state index contributed by atoms with van der Waals surface area (Å²) in [6.07, 6.45) is 2.07. The van der Waals surface area contributed by atoms with Gasteiger partial charge in [-0.1, -0.05) is 47.7 Å². The Morgan fingerprint density at radius 1 is 1.03 bits per heavy atom. The number of aryl methyl sites for hydroxylation is 1. The Kier molecular flexibility index (Phi) is 5.95. The van der Waals surface area contributed by atoms with Gasteiger partial charge in [0.05, 0.1) is 24.6 Å². The SMILES string of the molecule is O=C(CCn1nnc2ccccc2c1=O)N1CCC(OCc2ccccc2)CC1. The number of piperidine rings is 1. The van der Waals surface area contributed by atoms with E-state index in [9.17, 15) is 9.59 Å². The summed E-state index contributed by atoms with van der Waals surface area (Å²) >= 11 is 0. The maximum absolute atomic E-state index is 12.6. The molecule has 29 heavy (non-hydrogen) atoms. The first-order chi connectivity index (χ1) is 14.2. The summed E-state index contributed by atoms with van der Waals surface area (Å²) in [7, 11) is 0. The molecular weight excluding hydrogens is 368 g/mol. The fraction of sp³-hybridized carbons (Fsp3) is 0.364. The van der Waals surface area contributed by atoms with E-state index in [4.69, 9.17) is 4.74 Å². The van der Waals surface area contributed by atoms with E-state index in [1.807, 2.05) is 29.2 Å². The number of carbonyl (C=O) groups is 1. The van der Waals surface area contributed by atoms with Gasteiger partial charge in [0.25, 0.3) is 5.56 Å². The maximum Gasteiger partial charge on any atom is 0.277 e. The van der Waals surface area contributed by atoms with E-state index in [2.05, 4.69) is 22.4 Å². The summed E-state index contributed by atoms with van der Waals surface area (Å²) < 4.78 is 7.26. The second kappa shape index (κ2) is 8.96. The number of fused-ring (bicyclic) bond motifs is 1. The molecule has 0 N–H and O–H groups in total. The number of hydrogen-bond acceptors (Lipinski definition) is 5. The minimum atomic E-state index is -0.212. The van der Waals surface area contributed by atoms with Crippen LogP contribution in [0.3, 0.4) is 0 Å². The average molecular weight is 392 g/mol. The molecule has 0 saturated carbocycles. The topological polar surface area (TPSA) is 77.3 Å². The Morgan fingerprint density at radius 2 is 1.76 bits per heavy atom.